The monoisotopic (exact) mass is 184 g/mol. The molecule has 2 bridgehead atoms. The number of hydrogen-bond acceptors (Lipinski definition) is 2. The van der Waals surface area contributed by atoms with Crippen molar-refractivity contribution < 1.29 is 14.0 Å². The summed E-state index contributed by atoms with van der Waals surface area (Å²) >= 11 is 0. The highest BCUT2D eigenvalue weighted by Gasteiger charge is 2.44. The summed E-state index contributed by atoms with van der Waals surface area (Å²) in [5.41, 5.74) is 0. The maximum Gasteiger partial charge on any atom is 0.303 e. The maximum absolute atomic E-state index is 10.9. The van der Waals surface area contributed by atoms with Gasteiger partial charge in [0, 0.05) is 25.7 Å². The first-order valence-corrected chi connectivity index (χ1v) is 5.10. The summed E-state index contributed by atoms with van der Waals surface area (Å²) in [5, 5.41) is 0. The van der Waals surface area contributed by atoms with E-state index in [2.05, 4.69) is 7.05 Å². The highest BCUT2D eigenvalue weighted by Crippen LogP contribution is 2.33. The molecule has 3 heteroatoms. The SMILES string of the molecule is CC(=O)O[C@H]1C[N+]2(C)CCC1CC2. The summed E-state index contributed by atoms with van der Waals surface area (Å²) in [6, 6.07) is 0. The zero-order valence-electron chi connectivity index (χ0n) is 8.45. The molecule has 0 saturated carbocycles. The smallest absolute Gasteiger partial charge is 0.303 e. The minimum atomic E-state index is -0.120. The quantitative estimate of drug-likeness (QED) is 0.445. The number of likely N-dealkylation sites (N-methyl/N-ethyl adjacent to an activating group) is 1. The largest absolute Gasteiger partial charge is 0.456 e. The van der Waals surface area contributed by atoms with E-state index in [4.69, 9.17) is 4.74 Å². The van der Waals surface area contributed by atoms with Crippen LogP contribution >= 0.6 is 0 Å². The Morgan fingerprint density at radius 2 is 2.00 bits per heavy atom. The highest BCUT2D eigenvalue weighted by molar-refractivity contribution is 5.66. The first-order valence-electron chi connectivity index (χ1n) is 5.10. The van der Waals surface area contributed by atoms with Crippen molar-refractivity contribution in [3.63, 3.8) is 0 Å². The Balaban J connectivity index is 2.03. The predicted octanol–water partition coefficient (Wildman–Crippen LogP) is 0.788. The Morgan fingerprint density at radius 3 is 2.46 bits per heavy atom. The second-order valence-corrected chi connectivity index (χ2v) is 4.73. The molecule has 3 aliphatic heterocycles. The molecule has 74 valence electrons. The number of piperidine rings is 3. The fraction of sp³-hybridized carbons (Fsp3) is 0.900. The highest BCUT2D eigenvalue weighted by atomic mass is 16.5. The van der Waals surface area contributed by atoms with Gasteiger partial charge >= 0.3 is 5.97 Å². The Hall–Kier alpha value is -0.570. The molecule has 0 aromatic carbocycles. The molecule has 0 aromatic heterocycles. The molecule has 0 radical (unpaired) electrons. The van der Waals surface area contributed by atoms with Crippen molar-refractivity contribution in [3.8, 4) is 0 Å². The number of carbonyl (C=O) groups excluding carboxylic acids is 1. The van der Waals surface area contributed by atoms with Gasteiger partial charge in [0.25, 0.3) is 0 Å². The van der Waals surface area contributed by atoms with Gasteiger partial charge in [0.1, 0.15) is 6.54 Å². The zero-order valence-corrected chi connectivity index (χ0v) is 8.45. The standard InChI is InChI=1S/C10H18NO2/c1-8(12)13-10-7-11(2)5-3-9(10)4-6-11/h9-10H,3-7H2,1-2H3/q+1/t9?,10-,11?/m0/s1. The molecule has 1 atom stereocenters. The van der Waals surface area contributed by atoms with Gasteiger partial charge in [-0.05, 0) is 0 Å². The molecule has 0 aromatic rings. The molecule has 3 aliphatic rings. The van der Waals surface area contributed by atoms with Crippen LogP contribution in [0.3, 0.4) is 0 Å². The Kier molecular flexibility index (Phi) is 2.06. The van der Waals surface area contributed by atoms with E-state index in [1.807, 2.05) is 0 Å². The van der Waals surface area contributed by atoms with Crippen LogP contribution in [0.4, 0.5) is 0 Å². The molecular formula is C10H18NO2+. The van der Waals surface area contributed by atoms with E-state index in [0.29, 0.717) is 5.92 Å². The van der Waals surface area contributed by atoms with Crippen LogP contribution in [0, 0.1) is 5.92 Å². The van der Waals surface area contributed by atoms with Gasteiger partial charge in [-0.3, -0.25) is 4.79 Å². The number of nitrogens with zero attached hydrogens (tertiary/aromatic N) is 1. The maximum atomic E-state index is 10.9. The average molecular weight is 184 g/mol. The fourth-order valence-corrected chi connectivity index (χ4v) is 2.70. The molecule has 3 rings (SSSR count). The molecule has 13 heavy (non-hydrogen) atoms. The van der Waals surface area contributed by atoms with Crippen molar-refractivity contribution in [3.05, 3.63) is 0 Å². The Labute approximate surface area is 79.3 Å². The fourth-order valence-electron chi connectivity index (χ4n) is 2.70. The van der Waals surface area contributed by atoms with Gasteiger partial charge in [-0.15, -0.1) is 0 Å². The first-order chi connectivity index (χ1) is 6.09. The normalized spacial score (nSPS) is 43.2. The third-order valence-electron chi connectivity index (χ3n) is 3.54. The van der Waals surface area contributed by atoms with Gasteiger partial charge < -0.3 is 9.22 Å². The van der Waals surface area contributed by atoms with Crippen molar-refractivity contribution in [2.24, 2.45) is 5.92 Å². The summed E-state index contributed by atoms with van der Waals surface area (Å²) in [5.74, 6) is 0.522. The predicted molar refractivity (Wildman–Crippen MR) is 49.1 cm³/mol. The van der Waals surface area contributed by atoms with E-state index in [1.165, 1.54) is 32.9 Å². The van der Waals surface area contributed by atoms with Crippen LogP contribution in [0.25, 0.3) is 0 Å². The van der Waals surface area contributed by atoms with Gasteiger partial charge in [0.15, 0.2) is 6.10 Å². The summed E-state index contributed by atoms with van der Waals surface area (Å²) in [4.78, 5) is 10.9. The number of ether oxygens (including phenoxy) is 1. The van der Waals surface area contributed by atoms with E-state index < -0.39 is 0 Å². The van der Waals surface area contributed by atoms with Crippen molar-refractivity contribution in [1.82, 2.24) is 0 Å². The van der Waals surface area contributed by atoms with Gasteiger partial charge in [0.05, 0.1) is 20.1 Å². The van der Waals surface area contributed by atoms with Gasteiger partial charge in [-0.25, -0.2) is 0 Å². The van der Waals surface area contributed by atoms with Gasteiger partial charge in [0.2, 0.25) is 0 Å². The van der Waals surface area contributed by atoms with Crippen LogP contribution in [0.15, 0.2) is 0 Å². The van der Waals surface area contributed by atoms with Crippen LogP contribution in [0.1, 0.15) is 19.8 Å². The lowest BCUT2D eigenvalue weighted by Crippen LogP contribution is -2.62. The number of esters is 1. The minimum absolute atomic E-state index is 0.120. The van der Waals surface area contributed by atoms with E-state index in [1.54, 1.807) is 0 Å². The molecule has 0 N–H and O–H groups in total. The number of fused-ring (bicyclic) bond motifs is 3. The number of carbonyl (C=O) groups is 1. The van der Waals surface area contributed by atoms with Crippen LogP contribution in [0.2, 0.25) is 0 Å². The van der Waals surface area contributed by atoms with Crippen molar-refractivity contribution in [2.75, 3.05) is 26.7 Å². The molecule has 0 aliphatic carbocycles. The lowest BCUT2D eigenvalue weighted by atomic mass is 9.84. The molecule has 3 heterocycles. The summed E-state index contributed by atoms with van der Waals surface area (Å²) in [6.45, 7) is 5.08. The van der Waals surface area contributed by atoms with Crippen LogP contribution < -0.4 is 0 Å². The minimum Gasteiger partial charge on any atom is -0.456 e. The third kappa shape index (κ3) is 1.70. The summed E-state index contributed by atoms with van der Waals surface area (Å²) in [6.07, 6.45) is 2.66. The number of rotatable bonds is 1. The first kappa shape index (κ1) is 9.00. The Bertz CT molecular complexity index is 219. The van der Waals surface area contributed by atoms with E-state index in [-0.39, 0.29) is 12.1 Å². The lowest BCUT2D eigenvalue weighted by Gasteiger charge is -2.49. The summed E-state index contributed by atoms with van der Waals surface area (Å²) < 4.78 is 6.44. The second kappa shape index (κ2) is 2.98. The topological polar surface area (TPSA) is 26.3 Å². The molecule has 3 saturated heterocycles. The van der Waals surface area contributed by atoms with Crippen LogP contribution in [-0.2, 0) is 9.53 Å². The molecule has 0 spiro atoms. The van der Waals surface area contributed by atoms with Gasteiger partial charge in [-0.1, -0.05) is 0 Å². The number of quaternary nitrogens is 1. The molecule has 3 nitrogen and oxygen atoms in total. The lowest BCUT2D eigenvalue weighted by molar-refractivity contribution is -0.928. The van der Waals surface area contributed by atoms with E-state index >= 15 is 0 Å². The average Bonchev–Trinajstić information content (AvgIpc) is 2.02. The van der Waals surface area contributed by atoms with E-state index in [9.17, 15) is 4.79 Å². The number of hydrogen-bond donors (Lipinski definition) is 0. The molecule has 0 amide bonds. The second-order valence-electron chi connectivity index (χ2n) is 4.73. The van der Waals surface area contributed by atoms with Crippen LogP contribution in [0.5, 0.6) is 0 Å². The molecule has 0 unspecified atom stereocenters. The van der Waals surface area contributed by atoms with Crippen molar-refractivity contribution in [1.29, 1.82) is 0 Å². The van der Waals surface area contributed by atoms with E-state index in [0.717, 1.165) is 11.0 Å². The van der Waals surface area contributed by atoms with Crippen molar-refractivity contribution >= 4 is 5.97 Å². The molecule has 3 fully saturated rings. The molecular weight excluding hydrogens is 166 g/mol. The van der Waals surface area contributed by atoms with Crippen LogP contribution in [-0.4, -0.2) is 43.2 Å². The Morgan fingerprint density at radius 1 is 1.38 bits per heavy atom. The summed E-state index contributed by atoms with van der Waals surface area (Å²) in [7, 11) is 2.27. The van der Waals surface area contributed by atoms with Crippen molar-refractivity contribution in [2.45, 2.75) is 25.9 Å². The zero-order chi connectivity index (χ0) is 9.47. The van der Waals surface area contributed by atoms with Gasteiger partial charge in [-0.2, -0.15) is 0 Å². The third-order valence-corrected chi connectivity index (χ3v) is 3.54.